The van der Waals surface area contributed by atoms with E-state index in [-0.39, 0.29) is 30.3 Å². The van der Waals surface area contributed by atoms with Crippen LogP contribution in [0.25, 0.3) is 11.4 Å². The number of benzene rings is 1. The van der Waals surface area contributed by atoms with Crippen LogP contribution < -0.4 is 10.0 Å². The zero-order valence-corrected chi connectivity index (χ0v) is 17.1. The number of para-hydroxylation sites is 1. The number of amides is 1. The van der Waals surface area contributed by atoms with Crippen molar-refractivity contribution in [3.8, 4) is 17.1 Å². The van der Waals surface area contributed by atoms with Gasteiger partial charge in [-0.2, -0.15) is 0 Å². The first kappa shape index (κ1) is 21.0. The van der Waals surface area contributed by atoms with Crippen molar-refractivity contribution in [1.82, 2.24) is 14.9 Å². The van der Waals surface area contributed by atoms with Gasteiger partial charge in [-0.05, 0) is 25.5 Å². The molecule has 1 saturated heterocycles. The van der Waals surface area contributed by atoms with Gasteiger partial charge in [-0.3, -0.25) is 4.79 Å². The summed E-state index contributed by atoms with van der Waals surface area (Å²) in [6, 6.07) is 8.82. The van der Waals surface area contributed by atoms with E-state index in [1.807, 2.05) is 19.1 Å². The Labute approximate surface area is 170 Å². The molecule has 0 unspecified atom stereocenters. The van der Waals surface area contributed by atoms with E-state index in [0.717, 1.165) is 11.5 Å². The van der Waals surface area contributed by atoms with Crippen LogP contribution in [-0.4, -0.2) is 66.2 Å². The first-order valence-electron chi connectivity index (χ1n) is 9.40. The highest BCUT2D eigenvalue weighted by Crippen LogP contribution is 2.28. The van der Waals surface area contributed by atoms with Gasteiger partial charge in [0.1, 0.15) is 11.6 Å². The average molecular weight is 420 g/mol. The van der Waals surface area contributed by atoms with Crippen LogP contribution in [0, 0.1) is 6.92 Å². The minimum absolute atomic E-state index is 0.0675. The lowest BCUT2D eigenvalue weighted by molar-refractivity contribution is -0.131. The molecule has 1 aliphatic rings. The Morgan fingerprint density at radius 1 is 1.17 bits per heavy atom. The SMILES string of the molecule is Cc1cc(N2CCN(C(=O)CCCS(N)(=O)=O)CC2)nc(-c2ccccc2O)n1. The van der Waals surface area contributed by atoms with Crippen molar-refractivity contribution in [2.24, 2.45) is 5.14 Å². The summed E-state index contributed by atoms with van der Waals surface area (Å²) < 4.78 is 22.0. The number of piperazine rings is 1. The van der Waals surface area contributed by atoms with Crippen LogP contribution >= 0.6 is 0 Å². The van der Waals surface area contributed by atoms with Gasteiger partial charge in [0, 0.05) is 44.4 Å². The second kappa shape index (κ2) is 8.75. The van der Waals surface area contributed by atoms with E-state index in [1.54, 1.807) is 23.1 Å². The third-order valence-corrected chi connectivity index (χ3v) is 5.62. The molecule has 29 heavy (non-hydrogen) atoms. The first-order chi connectivity index (χ1) is 13.7. The van der Waals surface area contributed by atoms with E-state index in [2.05, 4.69) is 14.9 Å². The third-order valence-electron chi connectivity index (χ3n) is 4.76. The van der Waals surface area contributed by atoms with Gasteiger partial charge in [-0.15, -0.1) is 0 Å². The fourth-order valence-corrected chi connectivity index (χ4v) is 3.81. The van der Waals surface area contributed by atoms with Gasteiger partial charge in [-0.1, -0.05) is 12.1 Å². The van der Waals surface area contributed by atoms with Gasteiger partial charge in [0.15, 0.2) is 5.82 Å². The quantitative estimate of drug-likeness (QED) is 0.711. The molecule has 1 aliphatic heterocycles. The molecule has 0 radical (unpaired) electrons. The molecule has 0 spiro atoms. The molecule has 0 atom stereocenters. The van der Waals surface area contributed by atoms with Crippen LogP contribution in [0.15, 0.2) is 30.3 Å². The zero-order valence-electron chi connectivity index (χ0n) is 16.3. The fraction of sp³-hybridized carbons (Fsp3) is 0.421. The van der Waals surface area contributed by atoms with E-state index < -0.39 is 10.0 Å². The largest absolute Gasteiger partial charge is 0.507 e. The summed E-state index contributed by atoms with van der Waals surface area (Å²) in [4.78, 5) is 25.1. The molecule has 0 bridgehead atoms. The number of nitrogens with zero attached hydrogens (tertiary/aromatic N) is 4. The third kappa shape index (κ3) is 5.64. The molecule has 1 amide bonds. The van der Waals surface area contributed by atoms with Crippen molar-refractivity contribution >= 4 is 21.7 Å². The number of hydrogen-bond acceptors (Lipinski definition) is 7. The predicted molar refractivity (Wildman–Crippen MR) is 110 cm³/mol. The summed E-state index contributed by atoms with van der Waals surface area (Å²) in [5.41, 5.74) is 1.36. The fourth-order valence-electron chi connectivity index (χ4n) is 3.26. The van der Waals surface area contributed by atoms with Gasteiger partial charge in [-0.25, -0.2) is 23.5 Å². The Hall–Kier alpha value is -2.72. The van der Waals surface area contributed by atoms with Crippen LogP contribution in [0.2, 0.25) is 0 Å². The highest BCUT2D eigenvalue weighted by molar-refractivity contribution is 7.89. The number of anilines is 1. The number of sulfonamides is 1. The van der Waals surface area contributed by atoms with E-state index in [9.17, 15) is 18.3 Å². The number of nitrogens with two attached hydrogens (primary N) is 1. The van der Waals surface area contributed by atoms with E-state index in [4.69, 9.17) is 5.14 Å². The molecule has 1 fully saturated rings. The van der Waals surface area contributed by atoms with Gasteiger partial charge in [0.05, 0.1) is 11.3 Å². The summed E-state index contributed by atoms with van der Waals surface area (Å²) in [7, 11) is -3.54. The Balaban J connectivity index is 1.64. The monoisotopic (exact) mass is 419 g/mol. The molecule has 3 rings (SSSR count). The van der Waals surface area contributed by atoms with Crippen LogP contribution in [0.1, 0.15) is 18.5 Å². The Morgan fingerprint density at radius 3 is 2.52 bits per heavy atom. The lowest BCUT2D eigenvalue weighted by Gasteiger charge is -2.35. The van der Waals surface area contributed by atoms with Gasteiger partial charge >= 0.3 is 0 Å². The van der Waals surface area contributed by atoms with Crippen LogP contribution in [0.5, 0.6) is 5.75 Å². The van der Waals surface area contributed by atoms with Crippen molar-refractivity contribution < 1.29 is 18.3 Å². The van der Waals surface area contributed by atoms with Crippen molar-refractivity contribution in [1.29, 1.82) is 0 Å². The molecular formula is C19H25N5O4S. The van der Waals surface area contributed by atoms with E-state index in [1.165, 1.54) is 0 Å². The Morgan fingerprint density at radius 2 is 1.86 bits per heavy atom. The Kier molecular flexibility index (Phi) is 6.33. The smallest absolute Gasteiger partial charge is 0.222 e. The molecule has 1 aromatic carbocycles. The number of aromatic nitrogens is 2. The lowest BCUT2D eigenvalue weighted by atomic mass is 10.2. The standard InChI is InChI=1S/C19H25N5O4S/c1-14-13-17(22-19(21-14)15-5-2-3-6-16(15)25)23-8-10-24(11-9-23)18(26)7-4-12-29(20,27)28/h2-3,5-6,13,25H,4,7-12H2,1H3,(H2,20,27,28). The number of rotatable bonds is 6. The number of phenolic OH excluding ortho intramolecular Hbond substituents is 1. The maximum absolute atomic E-state index is 12.3. The first-order valence-corrected chi connectivity index (χ1v) is 11.1. The number of carbonyl (C=O) groups excluding carboxylic acids is 1. The normalized spacial score (nSPS) is 14.8. The van der Waals surface area contributed by atoms with Crippen molar-refractivity contribution in [3.63, 3.8) is 0 Å². The molecule has 0 aliphatic carbocycles. The summed E-state index contributed by atoms with van der Waals surface area (Å²) in [6.07, 6.45) is 0.396. The van der Waals surface area contributed by atoms with Crippen molar-refractivity contribution in [3.05, 3.63) is 36.0 Å². The molecule has 156 valence electrons. The number of aryl methyl sites for hydroxylation is 1. The molecule has 2 heterocycles. The molecule has 10 heteroatoms. The second-order valence-corrected chi connectivity index (χ2v) is 8.78. The minimum atomic E-state index is -3.54. The molecule has 9 nitrogen and oxygen atoms in total. The summed E-state index contributed by atoms with van der Waals surface area (Å²) in [6.45, 7) is 4.15. The van der Waals surface area contributed by atoms with Crippen LogP contribution in [0.4, 0.5) is 5.82 Å². The molecule has 2 aromatic rings. The maximum Gasteiger partial charge on any atom is 0.222 e. The summed E-state index contributed by atoms with van der Waals surface area (Å²) in [5.74, 6) is 1.08. The van der Waals surface area contributed by atoms with Crippen LogP contribution in [-0.2, 0) is 14.8 Å². The number of carbonyl (C=O) groups is 1. The van der Waals surface area contributed by atoms with E-state index in [0.29, 0.717) is 37.6 Å². The maximum atomic E-state index is 12.3. The van der Waals surface area contributed by atoms with Crippen molar-refractivity contribution in [2.45, 2.75) is 19.8 Å². The average Bonchev–Trinajstić information content (AvgIpc) is 2.67. The minimum Gasteiger partial charge on any atom is -0.507 e. The number of hydrogen-bond donors (Lipinski definition) is 2. The van der Waals surface area contributed by atoms with E-state index >= 15 is 0 Å². The molecule has 1 aromatic heterocycles. The lowest BCUT2D eigenvalue weighted by Crippen LogP contribution is -2.49. The number of primary sulfonamides is 1. The molecule has 3 N–H and O–H groups in total. The van der Waals surface area contributed by atoms with Gasteiger partial charge in [0.25, 0.3) is 0 Å². The Bertz CT molecular complexity index is 988. The van der Waals surface area contributed by atoms with Gasteiger partial charge in [0.2, 0.25) is 15.9 Å². The topological polar surface area (TPSA) is 130 Å². The van der Waals surface area contributed by atoms with Crippen molar-refractivity contribution in [2.75, 3.05) is 36.8 Å². The molecule has 0 saturated carbocycles. The van der Waals surface area contributed by atoms with Gasteiger partial charge < -0.3 is 14.9 Å². The molecular weight excluding hydrogens is 394 g/mol. The second-order valence-electron chi connectivity index (χ2n) is 7.05. The number of phenols is 1. The summed E-state index contributed by atoms with van der Waals surface area (Å²) >= 11 is 0. The zero-order chi connectivity index (χ0) is 21.0. The highest BCUT2D eigenvalue weighted by atomic mass is 32.2. The predicted octanol–water partition coefficient (Wildman–Crippen LogP) is 0.875. The highest BCUT2D eigenvalue weighted by Gasteiger charge is 2.23. The number of aromatic hydroxyl groups is 1. The summed E-state index contributed by atoms with van der Waals surface area (Å²) in [5, 5.41) is 15.1. The van der Waals surface area contributed by atoms with Crippen LogP contribution in [0.3, 0.4) is 0 Å².